The summed E-state index contributed by atoms with van der Waals surface area (Å²) in [6.45, 7) is 5.23. The van der Waals surface area contributed by atoms with Crippen LogP contribution in [0.25, 0.3) is 0 Å². The van der Waals surface area contributed by atoms with Gasteiger partial charge in [0.1, 0.15) is 11.7 Å². The van der Waals surface area contributed by atoms with Gasteiger partial charge in [-0.3, -0.25) is 4.18 Å². The van der Waals surface area contributed by atoms with Crippen LogP contribution in [0.1, 0.15) is 39.0 Å². The third-order valence-corrected chi connectivity index (χ3v) is 5.63. The van der Waals surface area contributed by atoms with E-state index < -0.39 is 27.8 Å². The van der Waals surface area contributed by atoms with Gasteiger partial charge in [0.2, 0.25) is 0 Å². The number of hydrogen-bond donors (Lipinski definition) is 0. The van der Waals surface area contributed by atoms with E-state index in [2.05, 4.69) is 6.58 Å². The molecule has 0 aromatic heterocycles. The Hall–Kier alpha value is -0.880. The van der Waals surface area contributed by atoms with Crippen LogP contribution in [-0.2, 0) is 23.8 Å². The Morgan fingerprint density at radius 1 is 1.19 bits per heavy atom. The molecule has 3 unspecified atom stereocenters. The average Bonchev–Trinajstić information content (AvgIpc) is 2.31. The normalized spacial score (nSPS) is 41.0. The molecule has 0 N–H and O–H groups in total. The largest absolute Gasteiger partial charge is 0.453 e. The lowest BCUT2D eigenvalue weighted by molar-refractivity contribution is -0.217. The van der Waals surface area contributed by atoms with E-state index in [1.807, 2.05) is 0 Å². The standard InChI is InChI=1S/C15H22O5S/c1-9(2)14(16)19-15-7-10-4-11(8-15)6-12(5-10)13(15)20-21(3,17)18/h10-13H,1,4-8H2,2-3H3. The van der Waals surface area contributed by atoms with Crippen LogP contribution in [-0.4, -0.2) is 32.3 Å². The molecule has 4 bridgehead atoms. The molecule has 0 amide bonds. The summed E-state index contributed by atoms with van der Waals surface area (Å²) in [6.07, 6.45) is 5.05. The van der Waals surface area contributed by atoms with Gasteiger partial charge in [-0.05, 0) is 56.8 Å². The first kappa shape index (κ1) is 15.0. The minimum atomic E-state index is -3.58. The van der Waals surface area contributed by atoms with Crippen molar-refractivity contribution in [2.75, 3.05) is 6.26 Å². The average molecular weight is 314 g/mol. The maximum absolute atomic E-state index is 12.0. The zero-order valence-corrected chi connectivity index (χ0v) is 13.3. The zero-order chi connectivity index (χ0) is 15.4. The van der Waals surface area contributed by atoms with Gasteiger partial charge < -0.3 is 4.74 Å². The Morgan fingerprint density at radius 3 is 2.24 bits per heavy atom. The van der Waals surface area contributed by atoms with Crippen molar-refractivity contribution in [2.45, 2.75) is 50.7 Å². The van der Waals surface area contributed by atoms with E-state index in [0.29, 0.717) is 30.3 Å². The molecule has 6 heteroatoms. The molecule has 0 heterocycles. The molecule has 0 aromatic carbocycles. The molecule has 4 saturated carbocycles. The summed E-state index contributed by atoms with van der Waals surface area (Å²) in [7, 11) is -3.58. The number of carbonyl (C=O) groups excluding carboxylic acids is 1. The van der Waals surface area contributed by atoms with E-state index >= 15 is 0 Å². The van der Waals surface area contributed by atoms with E-state index in [4.69, 9.17) is 8.92 Å². The van der Waals surface area contributed by atoms with Crippen LogP contribution in [0, 0.1) is 17.8 Å². The fraction of sp³-hybridized carbons (Fsp3) is 0.800. The predicted molar refractivity (Wildman–Crippen MR) is 76.9 cm³/mol. The number of hydrogen-bond acceptors (Lipinski definition) is 5. The third-order valence-electron chi connectivity index (χ3n) is 5.08. The second kappa shape index (κ2) is 4.81. The summed E-state index contributed by atoms with van der Waals surface area (Å²) in [4.78, 5) is 12.0. The van der Waals surface area contributed by atoms with Gasteiger partial charge >= 0.3 is 5.97 Å². The highest BCUT2D eigenvalue weighted by Gasteiger charge is 2.61. The summed E-state index contributed by atoms with van der Waals surface area (Å²) in [5, 5.41) is 0. The second-order valence-corrected chi connectivity index (χ2v) is 8.66. The Labute approximate surface area is 125 Å². The van der Waals surface area contributed by atoms with E-state index in [9.17, 15) is 13.2 Å². The fourth-order valence-corrected chi connectivity index (χ4v) is 5.40. The molecule has 0 radical (unpaired) electrons. The molecule has 4 aliphatic carbocycles. The van der Waals surface area contributed by atoms with Gasteiger partial charge in [-0.25, -0.2) is 4.79 Å². The van der Waals surface area contributed by atoms with E-state index in [-0.39, 0.29) is 5.92 Å². The highest BCUT2D eigenvalue weighted by atomic mass is 32.2. The molecule has 5 nitrogen and oxygen atoms in total. The summed E-state index contributed by atoms with van der Waals surface area (Å²) in [6, 6.07) is 0. The van der Waals surface area contributed by atoms with Crippen LogP contribution >= 0.6 is 0 Å². The van der Waals surface area contributed by atoms with Crippen LogP contribution < -0.4 is 0 Å². The third kappa shape index (κ3) is 2.75. The number of carbonyl (C=O) groups is 1. The molecule has 0 spiro atoms. The number of ether oxygens (including phenoxy) is 1. The van der Waals surface area contributed by atoms with E-state index in [1.165, 1.54) is 0 Å². The van der Waals surface area contributed by atoms with Gasteiger partial charge in [0.05, 0.1) is 6.26 Å². The van der Waals surface area contributed by atoms with Gasteiger partial charge in [0.25, 0.3) is 10.1 Å². The van der Waals surface area contributed by atoms with Gasteiger partial charge in [0.15, 0.2) is 0 Å². The minimum absolute atomic E-state index is 0.170. The highest BCUT2D eigenvalue weighted by molar-refractivity contribution is 7.86. The van der Waals surface area contributed by atoms with E-state index in [0.717, 1.165) is 25.5 Å². The SMILES string of the molecule is C=C(C)C(=O)OC12CC3CC(CC(C3)C1OS(C)(=O)=O)C2. The van der Waals surface area contributed by atoms with Crippen LogP contribution in [0.15, 0.2) is 12.2 Å². The van der Waals surface area contributed by atoms with Gasteiger partial charge in [-0.15, -0.1) is 0 Å². The summed E-state index contributed by atoms with van der Waals surface area (Å²) >= 11 is 0. The Kier molecular flexibility index (Phi) is 3.44. The first-order valence-electron chi connectivity index (χ1n) is 7.45. The quantitative estimate of drug-likeness (QED) is 0.451. The minimum Gasteiger partial charge on any atom is -0.453 e. The smallest absolute Gasteiger partial charge is 0.333 e. The van der Waals surface area contributed by atoms with Crippen molar-refractivity contribution >= 4 is 16.1 Å². The van der Waals surface area contributed by atoms with Crippen LogP contribution in [0.5, 0.6) is 0 Å². The first-order valence-corrected chi connectivity index (χ1v) is 9.27. The molecule has 4 aliphatic rings. The van der Waals surface area contributed by atoms with Crippen LogP contribution in [0.3, 0.4) is 0 Å². The van der Waals surface area contributed by atoms with Gasteiger partial charge in [-0.2, -0.15) is 8.42 Å². The molecule has 21 heavy (non-hydrogen) atoms. The summed E-state index contributed by atoms with van der Waals surface area (Å²) < 4.78 is 34.3. The molecular formula is C15H22O5S. The predicted octanol–water partition coefficient (Wildman–Crippen LogP) is 2.03. The van der Waals surface area contributed by atoms with Gasteiger partial charge in [0, 0.05) is 5.57 Å². The highest BCUT2D eigenvalue weighted by Crippen LogP contribution is 2.58. The molecule has 4 rings (SSSR count). The summed E-state index contributed by atoms with van der Waals surface area (Å²) in [5.41, 5.74) is -0.447. The Morgan fingerprint density at radius 2 is 1.76 bits per heavy atom. The molecular weight excluding hydrogens is 292 g/mol. The van der Waals surface area contributed by atoms with Crippen molar-refractivity contribution < 1.29 is 22.1 Å². The molecule has 0 saturated heterocycles. The van der Waals surface area contributed by atoms with Crippen LogP contribution in [0.2, 0.25) is 0 Å². The van der Waals surface area contributed by atoms with Crippen molar-refractivity contribution in [1.29, 1.82) is 0 Å². The molecule has 0 aromatic rings. The van der Waals surface area contributed by atoms with Crippen molar-refractivity contribution in [3.63, 3.8) is 0 Å². The maximum Gasteiger partial charge on any atom is 0.333 e. The topological polar surface area (TPSA) is 69.7 Å². The first-order chi connectivity index (χ1) is 9.68. The lowest BCUT2D eigenvalue weighted by Crippen LogP contribution is -2.63. The lowest BCUT2D eigenvalue weighted by atomic mass is 9.53. The number of rotatable bonds is 4. The monoisotopic (exact) mass is 314 g/mol. The zero-order valence-electron chi connectivity index (χ0n) is 12.5. The molecule has 0 aliphatic heterocycles. The molecule has 4 fully saturated rings. The molecule has 3 atom stereocenters. The van der Waals surface area contributed by atoms with E-state index in [1.54, 1.807) is 6.92 Å². The lowest BCUT2D eigenvalue weighted by Gasteiger charge is -2.59. The molecule has 118 valence electrons. The summed E-state index contributed by atoms with van der Waals surface area (Å²) in [5.74, 6) is 0.752. The van der Waals surface area contributed by atoms with Gasteiger partial charge in [-0.1, -0.05) is 6.58 Å². The number of esters is 1. The van der Waals surface area contributed by atoms with Crippen molar-refractivity contribution in [3.8, 4) is 0 Å². The van der Waals surface area contributed by atoms with Crippen LogP contribution in [0.4, 0.5) is 0 Å². The maximum atomic E-state index is 12.0. The van der Waals surface area contributed by atoms with Crippen molar-refractivity contribution in [1.82, 2.24) is 0 Å². The van der Waals surface area contributed by atoms with Crippen molar-refractivity contribution in [2.24, 2.45) is 17.8 Å². The van der Waals surface area contributed by atoms with Crippen molar-refractivity contribution in [3.05, 3.63) is 12.2 Å². The Balaban J connectivity index is 1.92. The Bertz CT molecular complexity index is 565. The second-order valence-electron chi connectivity index (χ2n) is 7.06. The fourth-order valence-electron chi connectivity index (χ4n) is 4.69.